The Balaban J connectivity index is 2.51. The molecule has 0 spiro atoms. The maximum absolute atomic E-state index is 7.19. The number of hydrogen-bond acceptors (Lipinski definition) is 4. The number of amidine groups is 1. The SMILES string of the molecule is N=C1CCSNNC1=N. The molecule has 1 aliphatic heterocycles. The summed E-state index contributed by atoms with van der Waals surface area (Å²) in [5.41, 5.74) is 2.93. The Labute approximate surface area is 57.5 Å². The molecule has 1 saturated heterocycles. The summed E-state index contributed by atoms with van der Waals surface area (Å²) in [4.78, 5) is 2.73. The van der Waals surface area contributed by atoms with E-state index >= 15 is 0 Å². The van der Waals surface area contributed by atoms with Gasteiger partial charge in [-0.2, -0.15) is 4.83 Å². The van der Waals surface area contributed by atoms with Gasteiger partial charge in [0.2, 0.25) is 0 Å². The third-order valence-corrected chi connectivity index (χ3v) is 1.66. The fourth-order valence-electron chi connectivity index (χ4n) is 0.492. The smallest absolute Gasteiger partial charge is 0.154 e. The van der Waals surface area contributed by atoms with Crippen LogP contribution in [-0.4, -0.2) is 17.3 Å². The van der Waals surface area contributed by atoms with Crippen molar-refractivity contribution in [1.82, 2.24) is 10.3 Å². The van der Waals surface area contributed by atoms with Crippen molar-refractivity contribution in [2.24, 2.45) is 0 Å². The molecule has 0 aromatic rings. The lowest BCUT2D eigenvalue weighted by atomic mass is 10.3. The summed E-state index contributed by atoms with van der Waals surface area (Å²) in [6.45, 7) is 0. The fourth-order valence-corrected chi connectivity index (χ4v) is 1.07. The average Bonchev–Trinajstić information content (AvgIpc) is 1.99. The average molecular weight is 144 g/mol. The van der Waals surface area contributed by atoms with Gasteiger partial charge in [0.15, 0.2) is 5.84 Å². The lowest BCUT2D eigenvalue weighted by molar-refractivity contribution is 0.932. The summed E-state index contributed by atoms with van der Waals surface area (Å²) in [5.74, 6) is 1.04. The van der Waals surface area contributed by atoms with E-state index in [0.717, 1.165) is 5.75 Å². The predicted molar refractivity (Wildman–Crippen MR) is 38.8 cm³/mol. The highest BCUT2D eigenvalue weighted by Gasteiger charge is 2.07. The Bertz CT molecular complexity index is 128. The maximum Gasteiger partial charge on any atom is 0.154 e. The van der Waals surface area contributed by atoms with E-state index < -0.39 is 0 Å². The molecule has 0 amide bonds. The monoisotopic (exact) mass is 144 g/mol. The molecule has 0 atom stereocenters. The number of nitrogens with one attached hydrogen (secondary N) is 4. The van der Waals surface area contributed by atoms with Gasteiger partial charge in [-0.1, -0.05) is 11.9 Å². The first-order valence-corrected chi connectivity index (χ1v) is 3.58. The van der Waals surface area contributed by atoms with Crippen molar-refractivity contribution in [2.75, 3.05) is 5.75 Å². The number of hydrogen-bond donors (Lipinski definition) is 4. The molecule has 0 radical (unpaired) electrons. The van der Waals surface area contributed by atoms with Crippen LogP contribution >= 0.6 is 11.9 Å². The molecule has 0 bridgehead atoms. The quantitative estimate of drug-likeness (QED) is 0.365. The van der Waals surface area contributed by atoms with Crippen molar-refractivity contribution in [2.45, 2.75) is 6.42 Å². The van der Waals surface area contributed by atoms with Gasteiger partial charge in [0.25, 0.3) is 0 Å². The van der Waals surface area contributed by atoms with Crippen LogP contribution in [0.4, 0.5) is 0 Å². The Morgan fingerprint density at radius 2 is 2.22 bits per heavy atom. The van der Waals surface area contributed by atoms with Crippen molar-refractivity contribution in [1.29, 1.82) is 10.8 Å². The van der Waals surface area contributed by atoms with Crippen molar-refractivity contribution in [3.05, 3.63) is 0 Å². The molecule has 4 N–H and O–H groups in total. The lowest BCUT2D eigenvalue weighted by Crippen LogP contribution is -2.34. The van der Waals surface area contributed by atoms with Crippen molar-refractivity contribution in [3.63, 3.8) is 0 Å². The molecule has 1 rings (SSSR count). The van der Waals surface area contributed by atoms with Gasteiger partial charge in [-0.15, -0.1) is 0 Å². The molecule has 0 aromatic heterocycles. The Morgan fingerprint density at radius 1 is 1.44 bits per heavy atom. The lowest BCUT2D eigenvalue weighted by Gasteiger charge is -2.00. The number of hydrazine groups is 1. The van der Waals surface area contributed by atoms with E-state index in [1.165, 1.54) is 11.9 Å². The molecule has 0 unspecified atom stereocenters. The molecular weight excluding hydrogens is 136 g/mol. The van der Waals surface area contributed by atoms with Crippen LogP contribution in [0.25, 0.3) is 0 Å². The van der Waals surface area contributed by atoms with Gasteiger partial charge in [-0.3, -0.25) is 10.8 Å². The third kappa shape index (κ3) is 1.69. The molecule has 1 heterocycles. The van der Waals surface area contributed by atoms with Crippen LogP contribution in [0.2, 0.25) is 0 Å². The first-order chi connectivity index (χ1) is 4.30. The third-order valence-electron chi connectivity index (χ3n) is 1.00. The highest BCUT2D eigenvalue weighted by Crippen LogP contribution is 1.99. The molecular formula is C4H8N4S. The van der Waals surface area contributed by atoms with Crippen LogP contribution in [0, 0.1) is 10.8 Å². The molecule has 4 nitrogen and oxygen atoms in total. The van der Waals surface area contributed by atoms with Crippen LogP contribution in [0.1, 0.15) is 6.42 Å². The van der Waals surface area contributed by atoms with Crippen LogP contribution < -0.4 is 10.3 Å². The molecule has 1 aliphatic rings. The van der Waals surface area contributed by atoms with E-state index in [1.807, 2.05) is 0 Å². The van der Waals surface area contributed by atoms with Gasteiger partial charge >= 0.3 is 0 Å². The molecule has 9 heavy (non-hydrogen) atoms. The van der Waals surface area contributed by atoms with E-state index in [4.69, 9.17) is 10.8 Å². The number of rotatable bonds is 0. The minimum Gasteiger partial charge on any atom is -0.301 e. The van der Waals surface area contributed by atoms with Crippen LogP contribution in [-0.2, 0) is 0 Å². The van der Waals surface area contributed by atoms with E-state index in [2.05, 4.69) is 10.3 Å². The normalized spacial score (nSPS) is 20.9. The molecule has 0 aromatic carbocycles. The molecule has 50 valence electrons. The summed E-state index contributed by atoms with van der Waals surface area (Å²) in [7, 11) is 0. The zero-order chi connectivity index (χ0) is 6.69. The zero-order valence-corrected chi connectivity index (χ0v) is 5.64. The highest BCUT2D eigenvalue weighted by atomic mass is 32.2. The Kier molecular flexibility index (Phi) is 2.07. The minimum atomic E-state index is 0.181. The Morgan fingerprint density at radius 3 is 3.00 bits per heavy atom. The summed E-state index contributed by atoms with van der Waals surface area (Å²) in [5, 5.41) is 14.3. The van der Waals surface area contributed by atoms with Crippen LogP contribution in [0.3, 0.4) is 0 Å². The second-order valence-electron chi connectivity index (χ2n) is 1.68. The van der Waals surface area contributed by atoms with E-state index in [0.29, 0.717) is 12.1 Å². The van der Waals surface area contributed by atoms with Crippen molar-refractivity contribution >= 4 is 23.5 Å². The van der Waals surface area contributed by atoms with Gasteiger partial charge in [0, 0.05) is 12.2 Å². The summed E-state index contributed by atoms with van der Waals surface area (Å²) in [6.07, 6.45) is 0.670. The first kappa shape index (κ1) is 6.57. The summed E-state index contributed by atoms with van der Waals surface area (Å²) < 4.78 is 0. The minimum absolute atomic E-state index is 0.181. The van der Waals surface area contributed by atoms with Crippen LogP contribution in [0.15, 0.2) is 0 Å². The van der Waals surface area contributed by atoms with E-state index in [9.17, 15) is 0 Å². The summed E-state index contributed by atoms with van der Waals surface area (Å²) >= 11 is 1.48. The topological polar surface area (TPSA) is 71.8 Å². The molecule has 0 saturated carbocycles. The standard InChI is InChI=1S/C4H8N4S/c5-3-1-2-9-8-7-4(3)6/h5,8H,1-2H2,(H2,6,7). The molecule has 1 fully saturated rings. The first-order valence-electron chi connectivity index (χ1n) is 2.60. The fraction of sp³-hybridized carbons (Fsp3) is 0.500. The zero-order valence-electron chi connectivity index (χ0n) is 4.82. The van der Waals surface area contributed by atoms with Gasteiger partial charge < -0.3 is 5.41 Å². The van der Waals surface area contributed by atoms with Crippen molar-refractivity contribution in [3.8, 4) is 0 Å². The second-order valence-corrected chi connectivity index (χ2v) is 2.58. The highest BCUT2D eigenvalue weighted by molar-refractivity contribution is 7.97. The van der Waals surface area contributed by atoms with Gasteiger partial charge in [-0.05, 0) is 0 Å². The molecule has 0 aliphatic carbocycles. The van der Waals surface area contributed by atoms with Gasteiger partial charge in [0.05, 0.1) is 5.71 Å². The Hall–Kier alpha value is -0.550. The van der Waals surface area contributed by atoms with Gasteiger partial charge in [-0.25, -0.2) is 0 Å². The predicted octanol–water partition coefficient (Wildman–Crippen LogP) is 0.130. The largest absolute Gasteiger partial charge is 0.301 e. The second kappa shape index (κ2) is 2.84. The van der Waals surface area contributed by atoms with Crippen molar-refractivity contribution < 1.29 is 0 Å². The van der Waals surface area contributed by atoms with Crippen LogP contribution in [0.5, 0.6) is 0 Å². The maximum atomic E-state index is 7.19. The summed E-state index contributed by atoms with van der Waals surface area (Å²) in [6, 6.07) is 0. The van der Waals surface area contributed by atoms with Gasteiger partial charge in [0.1, 0.15) is 0 Å². The van der Waals surface area contributed by atoms with E-state index in [1.54, 1.807) is 0 Å². The molecule has 5 heteroatoms. The van der Waals surface area contributed by atoms with E-state index in [-0.39, 0.29) is 5.84 Å².